The van der Waals surface area contributed by atoms with Crippen molar-refractivity contribution in [2.75, 3.05) is 6.61 Å². The Hall–Kier alpha value is -2.20. The van der Waals surface area contributed by atoms with E-state index in [1.807, 2.05) is 6.92 Å². The summed E-state index contributed by atoms with van der Waals surface area (Å²) in [6.45, 7) is 13.1. The third-order valence-electron chi connectivity index (χ3n) is 5.47. The van der Waals surface area contributed by atoms with Crippen LogP contribution in [0.1, 0.15) is 58.7 Å². The van der Waals surface area contributed by atoms with Gasteiger partial charge in [0.1, 0.15) is 11.5 Å². The zero-order chi connectivity index (χ0) is 19.7. The lowest BCUT2D eigenvalue weighted by Gasteiger charge is -2.16. The minimum absolute atomic E-state index is 0.263. The van der Waals surface area contributed by atoms with E-state index in [9.17, 15) is 0 Å². The van der Waals surface area contributed by atoms with Crippen molar-refractivity contribution in [3.05, 3.63) is 51.6 Å². The summed E-state index contributed by atoms with van der Waals surface area (Å²) >= 11 is 0. The molecule has 4 heteroatoms. The number of hydrogen-bond acceptors (Lipinski definition) is 3. The molecule has 0 saturated carbocycles. The molecule has 1 N–H and O–H groups in total. The van der Waals surface area contributed by atoms with Crippen LogP contribution in [0.5, 0.6) is 0 Å². The Morgan fingerprint density at radius 1 is 0.889 bits per heavy atom. The normalized spacial score (nSPS) is 11.5. The summed E-state index contributed by atoms with van der Waals surface area (Å²) in [5, 5.41) is 10.2. The first-order valence-electron chi connectivity index (χ1n) is 9.89. The van der Waals surface area contributed by atoms with E-state index in [-0.39, 0.29) is 6.61 Å². The molecule has 27 heavy (non-hydrogen) atoms. The topological polar surface area (TPSA) is 50.9 Å². The molecule has 0 bridgehead atoms. The number of aliphatic hydroxyl groups is 1. The molecule has 0 atom stereocenters. The molecular weight excluding hydrogens is 334 g/mol. The molecule has 2 aromatic heterocycles. The number of unbranched alkanes of at least 4 members (excludes halogenated alkanes) is 2. The number of fused-ring (bicyclic) bond motifs is 1. The predicted molar refractivity (Wildman–Crippen MR) is 112 cm³/mol. The van der Waals surface area contributed by atoms with Crippen LogP contribution in [0.3, 0.4) is 0 Å². The molecule has 0 amide bonds. The number of aromatic nitrogens is 3. The molecule has 2 heterocycles. The smallest absolute Gasteiger partial charge is 0.148 e. The predicted octanol–water partition coefficient (Wildman–Crippen LogP) is 4.98. The van der Waals surface area contributed by atoms with E-state index in [0.717, 1.165) is 42.8 Å². The zero-order valence-corrected chi connectivity index (χ0v) is 17.5. The van der Waals surface area contributed by atoms with Gasteiger partial charge in [-0.2, -0.15) is 0 Å². The average Bonchev–Trinajstić information content (AvgIpc) is 2.83. The van der Waals surface area contributed by atoms with E-state index in [0.29, 0.717) is 0 Å². The van der Waals surface area contributed by atoms with Crippen molar-refractivity contribution in [3.8, 4) is 5.69 Å². The Labute approximate surface area is 162 Å². The molecule has 0 radical (unpaired) electrons. The van der Waals surface area contributed by atoms with Gasteiger partial charge in [-0.3, -0.25) is 4.57 Å². The molecule has 3 aromatic rings. The summed E-state index contributed by atoms with van der Waals surface area (Å²) < 4.78 is 2.32. The lowest BCUT2D eigenvalue weighted by atomic mass is 10.0. The van der Waals surface area contributed by atoms with Crippen LogP contribution in [0.4, 0.5) is 0 Å². The second-order valence-electron chi connectivity index (χ2n) is 7.74. The van der Waals surface area contributed by atoms with E-state index in [1.54, 1.807) is 0 Å². The van der Waals surface area contributed by atoms with Crippen LogP contribution in [-0.4, -0.2) is 26.2 Å². The number of rotatable bonds is 6. The lowest BCUT2D eigenvalue weighted by molar-refractivity contribution is 0.283. The quantitative estimate of drug-likeness (QED) is 0.627. The maximum absolute atomic E-state index is 9.03. The van der Waals surface area contributed by atoms with E-state index < -0.39 is 0 Å². The first-order chi connectivity index (χ1) is 12.8. The standard InChI is InChI=1S/C23H31N3O/c1-14-12-15(2)22(16(3)13-14)26-18(5)17(4)21-20(10-8-7-9-11-27)24-19(6)25-23(21)26/h12-13,27H,7-11H2,1-6H3. The van der Waals surface area contributed by atoms with Gasteiger partial charge in [0.05, 0.1) is 11.4 Å². The Kier molecular flexibility index (Phi) is 5.66. The van der Waals surface area contributed by atoms with Gasteiger partial charge in [0.2, 0.25) is 0 Å². The van der Waals surface area contributed by atoms with Gasteiger partial charge in [0.15, 0.2) is 0 Å². The molecule has 0 unspecified atom stereocenters. The van der Waals surface area contributed by atoms with E-state index in [4.69, 9.17) is 15.1 Å². The van der Waals surface area contributed by atoms with Crippen LogP contribution in [0.2, 0.25) is 0 Å². The summed E-state index contributed by atoms with van der Waals surface area (Å²) in [4.78, 5) is 9.64. The van der Waals surface area contributed by atoms with Gasteiger partial charge < -0.3 is 5.11 Å². The van der Waals surface area contributed by atoms with Gasteiger partial charge in [0, 0.05) is 17.7 Å². The molecule has 0 spiro atoms. The van der Waals surface area contributed by atoms with Gasteiger partial charge in [-0.25, -0.2) is 9.97 Å². The third-order valence-corrected chi connectivity index (χ3v) is 5.47. The highest BCUT2D eigenvalue weighted by atomic mass is 16.2. The Morgan fingerprint density at radius 2 is 1.56 bits per heavy atom. The van der Waals surface area contributed by atoms with Crippen LogP contribution >= 0.6 is 0 Å². The average molecular weight is 366 g/mol. The van der Waals surface area contributed by atoms with Gasteiger partial charge in [0.25, 0.3) is 0 Å². The van der Waals surface area contributed by atoms with E-state index in [1.165, 1.54) is 39.0 Å². The summed E-state index contributed by atoms with van der Waals surface area (Å²) in [6.07, 6.45) is 3.85. The van der Waals surface area contributed by atoms with Crippen molar-refractivity contribution in [2.45, 2.75) is 67.2 Å². The summed E-state index contributed by atoms with van der Waals surface area (Å²) in [6, 6.07) is 4.49. The molecule has 144 valence electrons. The van der Waals surface area contributed by atoms with Crippen molar-refractivity contribution >= 4 is 11.0 Å². The molecule has 0 fully saturated rings. The maximum Gasteiger partial charge on any atom is 0.148 e. The fourth-order valence-electron chi connectivity index (χ4n) is 4.23. The lowest BCUT2D eigenvalue weighted by Crippen LogP contribution is -2.05. The number of nitrogens with zero attached hydrogens (tertiary/aromatic N) is 3. The monoisotopic (exact) mass is 365 g/mol. The molecule has 0 aliphatic carbocycles. The maximum atomic E-state index is 9.03. The number of aryl methyl sites for hydroxylation is 6. The second kappa shape index (κ2) is 7.81. The molecule has 0 aliphatic heterocycles. The van der Waals surface area contributed by atoms with E-state index in [2.05, 4.69) is 51.3 Å². The van der Waals surface area contributed by atoms with Crippen molar-refractivity contribution < 1.29 is 5.11 Å². The molecule has 0 saturated heterocycles. The summed E-state index contributed by atoms with van der Waals surface area (Å²) in [5.41, 5.74) is 9.72. The molecule has 1 aromatic carbocycles. The van der Waals surface area contributed by atoms with Gasteiger partial charge in [-0.1, -0.05) is 24.1 Å². The SMILES string of the molecule is Cc1cc(C)c(-n2c(C)c(C)c3c(CCCCCO)nc(C)nc32)c(C)c1. The summed E-state index contributed by atoms with van der Waals surface area (Å²) in [7, 11) is 0. The Morgan fingerprint density at radius 3 is 2.19 bits per heavy atom. The van der Waals surface area contributed by atoms with Crippen LogP contribution < -0.4 is 0 Å². The number of aliphatic hydroxyl groups excluding tert-OH is 1. The van der Waals surface area contributed by atoms with Crippen molar-refractivity contribution in [1.82, 2.24) is 14.5 Å². The molecule has 4 nitrogen and oxygen atoms in total. The van der Waals surface area contributed by atoms with Crippen LogP contribution in [0.25, 0.3) is 16.7 Å². The zero-order valence-electron chi connectivity index (χ0n) is 17.5. The van der Waals surface area contributed by atoms with Crippen LogP contribution in [0.15, 0.2) is 12.1 Å². The third kappa shape index (κ3) is 3.63. The fraction of sp³-hybridized carbons (Fsp3) is 0.478. The molecule has 0 aliphatic rings. The largest absolute Gasteiger partial charge is 0.396 e. The van der Waals surface area contributed by atoms with Crippen molar-refractivity contribution in [2.24, 2.45) is 0 Å². The Balaban J connectivity index is 2.22. The van der Waals surface area contributed by atoms with Crippen LogP contribution in [-0.2, 0) is 6.42 Å². The first kappa shape index (κ1) is 19.6. The van der Waals surface area contributed by atoms with E-state index >= 15 is 0 Å². The number of benzene rings is 1. The van der Waals surface area contributed by atoms with Crippen LogP contribution in [0, 0.1) is 41.5 Å². The second-order valence-corrected chi connectivity index (χ2v) is 7.74. The minimum Gasteiger partial charge on any atom is -0.396 e. The highest BCUT2D eigenvalue weighted by molar-refractivity contribution is 5.86. The summed E-state index contributed by atoms with van der Waals surface area (Å²) in [5.74, 6) is 0.820. The Bertz CT molecular complexity index is 962. The molecular formula is C23H31N3O. The van der Waals surface area contributed by atoms with Crippen molar-refractivity contribution in [1.29, 1.82) is 0 Å². The fourth-order valence-corrected chi connectivity index (χ4v) is 4.23. The highest BCUT2D eigenvalue weighted by Crippen LogP contribution is 2.33. The van der Waals surface area contributed by atoms with Gasteiger partial charge in [-0.05, 0) is 77.5 Å². The molecule has 3 rings (SSSR count). The first-order valence-corrected chi connectivity index (χ1v) is 9.89. The van der Waals surface area contributed by atoms with Gasteiger partial charge in [-0.15, -0.1) is 0 Å². The minimum atomic E-state index is 0.263. The van der Waals surface area contributed by atoms with Crippen molar-refractivity contribution in [3.63, 3.8) is 0 Å². The van der Waals surface area contributed by atoms with Gasteiger partial charge >= 0.3 is 0 Å². The highest BCUT2D eigenvalue weighted by Gasteiger charge is 2.20. The number of hydrogen-bond donors (Lipinski definition) is 1.